The summed E-state index contributed by atoms with van der Waals surface area (Å²) in [4.78, 5) is 8.54. The molecule has 2 aromatic heterocycles. The first-order valence-corrected chi connectivity index (χ1v) is 7.25. The summed E-state index contributed by atoms with van der Waals surface area (Å²) in [5.74, 6) is 1.99. The van der Waals surface area contributed by atoms with Crippen LogP contribution in [0.5, 0.6) is 5.75 Å². The molecule has 3 rings (SSSR count). The molecule has 6 nitrogen and oxygen atoms in total. The smallest absolute Gasteiger partial charge is 0.232 e. The number of benzene rings is 1. The predicted octanol–water partition coefficient (Wildman–Crippen LogP) is 2.30. The van der Waals surface area contributed by atoms with Crippen molar-refractivity contribution in [3.8, 4) is 5.75 Å². The fourth-order valence-electron chi connectivity index (χ4n) is 1.96. The molecule has 0 saturated carbocycles. The summed E-state index contributed by atoms with van der Waals surface area (Å²) in [5, 5.41) is 6.42. The van der Waals surface area contributed by atoms with Gasteiger partial charge in [-0.2, -0.15) is 4.98 Å². The van der Waals surface area contributed by atoms with Gasteiger partial charge >= 0.3 is 0 Å². The van der Waals surface area contributed by atoms with Crippen LogP contribution in [0, 0.1) is 0 Å². The first-order chi connectivity index (χ1) is 10.2. The number of anilines is 1. The third-order valence-corrected chi connectivity index (χ3v) is 3.63. The predicted molar refractivity (Wildman–Crippen MR) is 79.4 cm³/mol. The quantitative estimate of drug-likeness (QED) is 0.778. The van der Waals surface area contributed by atoms with Crippen LogP contribution in [-0.4, -0.2) is 22.2 Å². The first kappa shape index (κ1) is 13.6. The zero-order chi connectivity index (χ0) is 14.7. The molecule has 0 aliphatic heterocycles. The zero-order valence-electron chi connectivity index (χ0n) is 11.4. The van der Waals surface area contributed by atoms with Crippen LogP contribution in [0.3, 0.4) is 0 Å². The molecule has 21 heavy (non-hydrogen) atoms. The van der Waals surface area contributed by atoms with Gasteiger partial charge in [0, 0.05) is 11.8 Å². The monoisotopic (exact) mass is 302 g/mol. The molecule has 0 saturated heterocycles. The van der Waals surface area contributed by atoms with Crippen LogP contribution in [-0.2, 0) is 12.8 Å². The molecular weight excluding hydrogens is 288 g/mol. The molecule has 0 radical (unpaired) electrons. The van der Waals surface area contributed by atoms with Crippen LogP contribution in [0.25, 0.3) is 0 Å². The van der Waals surface area contributed by atoms with Crippen LogP contribution in [0.1, 0.15) is 23.0 Å². The van der Waals surface area contributed by atoms with E-state index in [1.54, 1.807) is 7.11 Å². The number of hydrogen-bond acceptors (Lipinski definition) is 7. The normalized spacial score (nSPS) is 10.7. The van der Waals surface area contributed by atoms with E-state index in [0.717, 1.165) is 17.0 Å². The van der Waals surface area contributed by atoms with Gasteiger partial charge in [0.05, 0.1) is 19.2 Å². The van der Waals surface area contributed by atoms with E-state index >= 15 is 0 Å². The number of rotatable bonds is 5. The van der Waals surface area contributed by atoms with E-state index in [0.29, 0.717) is 29.7 Å². The van der Waals surface area contributed by atoms with E-state index in [2.05, 4.69) is 15.1 Å². The molecule has 0 aliphatic rings. The standard InChI is InChI=1S/C14H14N4O2S/c1-19-11-4-2-3-9(5-11)6-12-17-13(20-18-12)7-10-8-21-14(15)16-10/h2-5,8H,6-7H2,1H3,(H2,15,16). The van der Waals surface area contributed by atoms with Crippen molar-refractivity contribution in [1.82, 2.24) is 15.1 Å². The Bertz CT molecular complexity index is 738. The van der Waals surface area contributed by atoms with E-state index in [-0.39, 0.29) is 0 Å². The zero-order valence-corrected chi connectivity index (χ0v) is 12.3. The average molecular weight is 302 g/mol. The number of ether oxygens (including phenoxy) is 1. The first-order valence-electron chi connectivity index (χ1n) is 6.37. The third kappa shape index (κ3) is 3.38. The summed E-state index contributed by atoms with van der Waals surface area (Å²) in [6.07, 6.45) is 1.10. The van der Waals surface area contributed by atoms with E-state index in [4.69, 9.17) is 15.0 Å². The van der Waals surface area contributed by atoms with Crippen molar-refractivity contribution in [3.63, 3.8) is 0 Å². The van der Waals surface area contributed by atoms with Gasteiger partial charge in [0.2, 0.25) is 5.89 Å². The Morgan fingerprint density at radius 3 is 2.95 bits per heavy atom. The second-order valence-electron chi connectivity index (χ2n) is 4.49. The van der Waals surface area contributed by atoms with Crippen LogP contribution in [0.4, 0.5) is 5.13 Å². The van der Waals surface area contributed by atoms with Gasteiger partial charge in [-0.1, -0.05) is 17.3 Å². The largest absolute Gasteiger partial charge is 0.497 e. The molecule has 0 aliphatic carbocycles. The van der Waals surface area contributed by atoms with Gasteiger partial charge in [0.1, 0.15) is 5.75 Å². The Morgan fingerprint density at radius 1 is 1.29 bits per heavy atom. The van der Waals surface area contributed by atoms with Gasteiger partial charge in [0.25, 0.3) is 0 Å². The summed E-state index contributed by atoms with van der Waals surface area (Å²) >= 11 is 1.40. The van der Waals surface area contributed by atoms with Gasteiger partial charge in [-0.05, 0) is 17.7 Å². The molecular formula is C14H14N4O2S. The molecule has 3 aromatic rings. The van der Waals surface area contributed by atoms with Crippen LogP contribution < -0.4 is 10.5 Å². The molecule has 0 spiro atoms. The number of nitrogens with zero attached hydrogens (tertiary/aromatic N) is 3. The highest BCUT2D eigenvalue weighted by atomic mass is 32.1. The Hall–Kier alpha value is -2.41. The lowest BCUT2D eigenvalue weighted by atomic mass is 10.1. The molecule has 0 fully saturated rings. The van der Waals surface area contributed by atoms with Crippen molar-refractivity contribution >= 4 is 16.5 Å². The highest BCUT2D eigenvalue weighted by Crippen LogP contribution is 2.17. The maximum atomic E-state index is 5.60. The number of hydrogen-bond donors (Lipinski definition) is 1. The number of nitrogen functional groups attached to an aromatic ring is 1. The number of thiazole rings is 1. The number of methoxy groups -OCH3 is 1. The fraction of sp³-hybridized carbons (Fsp3) is 0.214. The molecule has 1 aromatic carbocycles. The van der Waals surface area contributed by atoms with Gasteiger partial charge in [-0.3, -0.25) is 0 Å². The highest BCUT2D eigenvalue weighted by Gasteiger charge is 2.10. The highest BCUT2D eigenvalue weighted by molar-refractivity contribution is 7.13. The summed E-state index contributed by atoms with van der Waals surface area (Å²) in [5.41, 5.74) is 7.51. The van der Waals surface area contributed by atoms with Crippen molar-refractivity contribution in [2.45, 2.75) is 12.8 Å². The topological polar surface area (TPSA) is 87.1 Å². The minimum Gasteiger partial charge on any atom is -0.497 e. The molecule has 7 heteroatoms. The third-order valence-electron chi connectivity index (χ3n) is 2.91. The molecule has 2 N–H and O–H groups in total. The van der Waals surface area contributed by atoms with Crippen LogP contribution in [0.2, 0.25) is 0 Å². The molecule has 108 valence electrons. The minimum atomic E-state index is 0.499. The van der Waals surface area contributed by atoms with Gasteiger partial charge in [0.15, 0.2) is 11.0 Å². The molecule has 0 bridgehead atoms. The SMILES string of the molecule is COc1cccc(Cc2noc(Cc3csc(N)n3)n2)c1. The summed E-state index contributed by atoms with van der Waals surface area (Å²) in [6, 6.07) is 7.79. The Morgan fingerprint density at radius 2 is 2.19 bits per heavy atom. The maximum Gasteiger partial charge on any atom is 0.232 e. The van der Waals surface area contributed by atoms with E-state index in [1.807, 2.05) is 29.6 Å². The van der Waals surface area contributed by atoms with E-state index in [1.165, 1.54) is 11.3 Å². The van der Waals surface area contributed by atoms with E-state index < -0.39 is 0 Å². The lowest BCUT2D eigenvalue weighted by molar-refractivity contribution is 0.379. The lowest BCUT2D eigenvalue weighted by Crippen LogP contribution is -1.94. The Labute approximate surface area is 125 Å². The second-order valence-corrected chi connectivity index (χ2v) is 5.38. The lowest BCUT2D eigenvalue weighted by Gasteiger charge is -2.01. The summed E-state index contributed by atoms with van der Waals surface area (Å²) in [7, 11) is 1.64. The van der Waals surface area contributed by atoms with Gasteiger partial charge < -0.3 is 15.0 Å². The number of aromatic nitrogens is 3. The fourth-order valence-corrected chi connectivity index (χ4v) is 2.52. The summed E-state index contributed by atoms with van der Waals surface area (Å²) in [6.45, 7) is 0. The van der Waals surface area contributed by atoms with Crippen molar-refractivity contribution in [2.24, 2.45) is 0 Å². The Balaban J connectivity index is 1.69. The summed E-state index contributed by atoms with van der Waals surface area (Å²) < 4.78 is 10.4. The maximum absolute atomic E-state index is 5.60. The molecule has 2 heterocycles. The number of nitrogens with two attached hydrogens (primary N) is 1. The van der Waals surface area contributed by atoms with Crippen molar-refractivity contribution < 1.29 is 9.26 Å². The van der Waals surface area contributed by atoms with Crippen molar-refractivity contribution in [2.75, 3.05) is 12.8 Å². The van der Waals surface area contributed by atoms with Crippen molar-refractivity contribution in [1.29, 1.82) is 0 Å². The molecule has 0 atom stereocenters. The minimum absolute atomic E-state index is 0.499. The van der Waals surface area contributed by atoms with Crippen LogP contribution in [0.15, 0.2) is 34.2 Å². The van der Waals surface area contributed by atoms with Crippen LogP contribution >= 0.6 is 11.3 Å². The van der Waals surface area contributed by atoms with Gasteiger partial charge in [-0.15, -0.1) is 11.3 Å². The van der Waals surface area contributed by atoms with Gasteiger partial charge in [-0.25, -0.2) is 4.98 Å². The van der Waals surface area contributed by atoms with E-state index in [9.17, 15) is 0 Å². The van der Waals surface area contributed by atoms with Crippen molar-refractivity contribution in [3.05, 3.63) is 52.6 Å². The molecule has 0 unspecified atom stereocenters. The second kappa shape index (κ2) is 5.92. The Kier molecular flexibility index (Phi) is 3.83. The molecule has 0 amide bonds. The average Bonchev–Trinajstić information content (AvgIpc) is 3.09.